The second-order valence-corrected chi connectivity index (χ2v) is 5.18. The van der Waals surface area contributed by atoms with Gasteiger partial charge < -0.3 is 15.0 Å². The van der Waals surface area contributed by atoms with Crippen LogP contribution in [0, 0.1) is 13.8 Å². The Balaban J connectivity index is 2.59. The van der Waals surface area contributed by atoms with Gasteiger partial charge in [0.25, 0.3) is 0 Å². The average Bonchev–Trinajstić information content (AvgIpc) is 2.64. The monoisotopic (exact) mass is 252 g/mol. The zero-order valence-electron chi connectivity index (χ0n) is 12.5. The molecule has 0 aliphatic carbocycles. The van der Waals surface area contributed by atoms with Crippen molar-refractivity contribution in [3.8, 4) is 0 Å². The fraction of sp³-hybridized carbons (Fsp3) is 0.733. The third kappa shape index (κ3) is 3.36. The summed E-state index contributed by atoms with van der Waals surface area (Å²) in [6.45, 7) is 13.1. The van der Waals surface area contributed by atoms with Gasteiger partial charge in [0.05, 0.1) is 5.60 Å². The first-order chi connectivity index (χ1) is 8.47. The zero-order chi connectivity index (χ0) is 13.8. The fourth-order valence-electron chi connectivity index (χ4n) is 2.47. The highest BCUT2D eigenvalue weighted by atomic mass is 16.3. The summed E-state index contributed by atoms with van der Waals surface area (Å²) in [7, 11) is 0. The molecule has 3 nitrogen and oxygen atoms in total. The third-order valence-corrected chi connectivity index (χ3v) is 4.08. The maximum absolute atomic E-state index is 10.2. The van der Waals surface area contributed by atoms with Crippen molar-refractivity contribution in [2.45, 2.75) is 66.2 Å². The first-order valence-electron chi connectivity index (χ1n) is 7.06. The lowest BCUT2D eigenvalue weighted by Gasteiger charge is -2.25. The zero-order valence-corrected chi connectivity index (χ0v) is 12.5. The predicted octanol–water partition coefficient (Wildman–Crippen LogP) is 2.77. The lowest BCUT2D eigenvalue weighted by atomic mass is 9.97. The lowest BCUT2D eigenvalue weighted by Crippen LogP contribution is -2.39. The summed E-state index contributed by atoms with van der Waals surface area (Å²) in [4.78, 5) is 0. The highest BCUT2D eigenvalue weighted by molar-refractivity contribution is 5.26. The van der Waals surface area contributed by atoms with Crippen LogP contribution in [0.5, 0.6) is 0 Å². The van der Waals surface area contributed by atoms with Gasteiger partial charge in [-0.25, -0.2) is 0 Å². The normalized spacial score (nSPS) is 12.1. The Hall–Kier alpha value is -0.800. The highest BCUT2D eigenvalue weighted by Crippen LogP contribution is 2.16. The number of aromatic nitrogens is 1. The summed E-state index contributed by atoms with van der Waals surface area (Å²) in [6, 6.07) is 2.24. The Bertz CT molecular complexity index is 378. The molecule has 0 spiro atoms. The van der Waals surface area contributed by atoms with E-state index in [0.717, 1.165) is 25.9 Å². The Kier molecular flexibility index (Phi) is 5.42. The van der Waals surface area contributed by atoms with E-state index in [1.54, 1.807) is 0 Å². The minimum Gasteiger partial charge on any atom is -0.389 e. The van der Waals surface area contributed by atoms with Gasteiger partial charge in [0.2, 0.25) is 0 Å². The van der Waals surface area contributed by atoms with Crippen LogP contribution in [0.1, 0.15) is 50.6 Å². The van der Waals surface area contributed by atoms with Gasteiger partial charge in [0.15, 0.2) is 0 Å². The molecular formula is C15H28N2O. The van der Waals surface area contributed by atoms with Crippen molar-refractivity contribution in [1.82, 2.24) is 9.88 Å². The minimum atomic E-state index is -0.559. The van der Waals surface area contributed by atoms with Crippen molar-refractivity contribution >= 4 is 0 Å². The number of rotatable bonds is 7. The Morgan fingerprint density at radius 1 is 1.22 bits per heavy atom. The molecule has 0 aliphatic heterocycles. The maximum Gasteiger partial charge on any atom is 0.0766 e. The van der Waals surface area contributed by atoms with Crippen LogP contribution in [0.3, 0.4) is 0 Å². The molecule has 18 heavy (non-hydrogen) atoms. The van der Waals surface area contributed by atoms with Crippen molar-refractivity contribution in [2.24, 2.45) is 0 Å². The van der Waals surface area contributed by atoms with E-state index in [9.17, 15) is 5.11 Å². The maximum atomic E-state index is 10.2. The molecule has 0 bridgehead atoms. The third-order valence-electron chi connectivity index (χ3n) is 4.08. The van der Waals surface area contributed by atoms with Gasteiger partial charge in [0.1, 0.15) is 0 Å². The van der Waals surface area contributed by atoms with Gasteiger partial charge in [-0.05, 0) is 45.2 Å². The summed E-state index contributed by atoms with van der Waals surface area (Å²) >= 11 is 0. The van der Waals surface area contributed by atoms with Crippen molar-refractivity contribution in [3.63, 3.8) is 0 Å². The smallest absolute Gasteiger partial charge is 0.0766 e. The van der Waals surface area contributed by atoms with E-state index in [2.05, 4.69) is 36.7 Å². The molecule has 0 unspecified atom stereocenters. The van der Waals surface area contributed by atoms with Crippen molar-refractivity contribution in [1.29, 1.82) is 0 Å². The average molecular weight is 252 g/mol. The second kappa shape index (κ2) is 6.39. The molecule has 1 rings (SSSR count). The molecule has 0 saturated carbocycles. The van der Waals surface area contributed by atoms with Crippen LogP contribution < -0.4 is 5.32 Å². The number of hydrogen-bond donors (Lipinski definition) is 2. The molecule has 0 radical (unpaired) electrons. The molecule has 0 saturated heterocycles. The molecule has 0 atom stereocenters. The number of hydrogen-bond acceptors (Lipinski definition) is 2. The number of nitrogens with zero attached hydrogens (tertiary/aromatic N) is 1. The van der Waals surface area contributed by atoms with E-state index in [1.165, 1.54) is 17.0 Å². The first-order valence-corrected chi connectivity index (χ1v) is 7.06. The summed E-state index contributed by atoms with van der Waals surface area (Å²) in [5.41, 5.74) is 3.42. The van der Waals surface area contributed by atoms with Crippen LogP contribution in [-0.4, -0.2) is 21.8 Å². The number of nitrogens with one attached hydrogen (secondary N) is 1. The SMILES string of the molecule is CCn1c(C)cc(CNCC(O)(CC)CC)c1C. The molecule has 3 heteroatoms. The van der Waals surface area contributed by atoms with Gasteiger partial charge in [-0.2, -0.15) is 0 Å². The molecule has 1 heterocycles. The predicted molar refractivity (Wildman–Crippen MR) is 76.8 cm³/mol. The van der Waals surface area contributed by atoms with Gasteiger partial charge in [0, 0.05) is 31.0 Å². The Morgan fingerprint density at radius 3 is 2.28 bits per heavy atom. The molecule has 1 aromatic rings. The lowest BCUT2D eigenvalue weighted by molar-refractivity contribution is 0.0323. The van der Waals surface area contributed by atoms with Gasteiger partial charge in [-0.1, -0.05) is 13.8 Å². The van der Waals surface area contributed by atoms with E-state index in [-0.39, 0.29) is 0 Å². The van der Waals surface area contributed by atoms with Crippen molar-refractivity contribution in [3.05, 3.63) is 23.0 Å². The molecule has 104 valence electrons. The second-order valence-electron chi connectivity index (χ2n) is 5.18. The molecule has 1 aromatic heterocycles. The fourth-order valence-corrected chi connectivity index (χ4v) is 2.47. The first kappa shape index (κ1) is 15.3. The van der Waals surface area contributed by atoms with Crippen LogP contribution >= 0.6 is 0 Å². The summed E-state index contributed by atoms with van der Waals surface area (Å²) in [5, 5.41) is 13.6. The summed E-state index contributed by atoms with van der Waals surface area (Å²) in [5.74, 6) is 0. The standard InChI is InChI=1S/C15H28N2O/c1-6-15(18,7-2)11-16-10-14-9-12(4)17(8-3)13(14)5/h9,16,18H,6-8,10-11H2,1-5H3. The summed E-state index contributed by atoms with van der Waals surface area (Å²) < 4.78 is 2.32. The van der Waals surface area contributed by atoms with Gasteiger partial charge >= 0.3 is 0 Å². The van der Waals surface area contributed by atoms with Gasteiger partial charge in [-0.15, -0.1) is 0 Å². The quantitative estimate of drug-likeness (QED) is 0.783. The largest absolute Gasteiger partial charge is 0.389 e. The van der Waals surface area contributed by atoms with Crippen LogP contribution in [0.15, 0.2) is 6.07 Å². The van der Waals surface area contributed by atoms with Gasteiger partial charge in [-0.3, -0.25) is 0 Å². The van der Waals surface area contributed by atoms with Crippen LogP contribution in [0.2, 0.25) is 0 Å². The molecular weight excluding hydrogens is 224 g/mol. The minimum absolute atomic E-state index is 0.559. The summed E-state index contributed by atoms with van der Waals surface area (Å²) in [6.07, 6.45) is 1.59. The van der Waals surface area contributed by atoms with E-state index < -0.39 is 5.60 Å². The van der Waals surface area contributed by atoms with E-state index in [0.29, 0.717) is 6.54 Å². The Morgan fingerprint density at radius 2 is 1.83 bits per heavy atom. The van der Waals surface area contributed by atoms with Crippen molar-refractivity contribution in [2.75, 3.05) is 6.54 Å². The van der Waals surface area contributed by atoms with Crippen molar-refractivity contribution < 1.29 is 5.11 Å². The molecule has 0 amide bonds. The Labute approximate surface area is 111 Å². The molecule has 0 aromatic carbocycles. The van der Waals surface area contributed by atoms with E-state index in [4.69, 9.17) is 0 Å². The van der Waals surface area contributed by atoms with E-state index in [1.807, 2.05) is 13.8 Å². The topological polar surface area (TPSA) is 37.2 Å². The molecule has 2 N–H and O–H groups in total. The molecule has 0 fully saturated rings. The number of aliphatic hydroxyl groups is 1. The molecule has 0 aliphatic rings. The van der Waals surface area contributed by atoms with Crippen LogP contribution in [0.25, 0.3) is 0 Å². The van der Waals surface area contributed by atoms with E-state index >= 15 is 0 Å². The van der Waals surface area contributed by atoms with Crippen LogP contribution in [-0.2, 0) is 13.1 Å². The number of aryl methyl sites for hydroxylation is 1. The van der Waals surface area contributed by atoms with Crippen LogP contribution in [0.4, 0.5) is 0 Å². The highest BCUT2D eigenvalue weighted by Gasteiger charge is 2.21.